The molecule has 0 atom stereocenters. The maximum Gasteiger partial charge on any atom is 0.150 e. The van der Waals surface area contributed by atoms with Gasteiger partial charge in [0, 0.05) is 30.3 Å². The fourth-order valence-electron chi connectivity index (χ4n) is 1.62. The van der Waals surface area contributed by atoms with Crippen LogP contribution in [-0.4, -0.2) is 27.9 Å². The first-order valence-corrected chi connectivity index (χ1v) is 6.05. The van der Waals surface area contributed by atoms with Crippen molar-refractivity contribution < 1.29 is 0 Å². The molecule has 1 saturated carbocycles. The van der Waals surface area contributed by atoms with Crippen molar-refractivity contribution in [3.8, 4) is 0 Å². The first-order chi connectivity index (χ1) is 6.83. The molecule has 76 valence electrons. The highest BCUT2D eigenvalue weighted by Gasteiger charge is 2.30. The van der Waals surface area contributed by atoms with Gasteiger partial charge in [0.1, 0.15) is 5.82 Å². The zero-order valence-corrected chi connectivity index (χ0v) is 9.87. The second kappa shape index (κ2) is 4.26. The lowest BCUT2D eigenvalue weighted by Crippen LogP contribution is -2.29. The largest absolute Gasteiger partial charge is 0.351 e. The van der Waals surface area contributed by atoms with E-state index in [1.807, 2.05) is 6.92 Å². The van der Waals surface area contributed by atoms with E-state index >= 15 is 0 Å². The van der Waals surface area contributed by atoms with E-state index in [0.29, 0.717) is 6.04 Å². The molecule has 14 heavy (non-hydrogen) atoms. The van der Waals surface area contributed by atoms with Crippen molar-refractivity contribution in [2.45, 2.75) is 25.8 Å². The van der Waals surface area contributed by atoms with Gasteiger partial charge in [-0.05, 0) is 19.8 Å². The predicted octanol–water partition coefficient (Wildman–Crippen LogP) is 2.15. The van der Waals surface area contributed by atoms with Crippen LogP contribution in [0.15, 0.2) is 12.4 Å². The van der Waals surface area contributed by atoms with E-state index in [-0.39, 0.29) is 0 Å². The maximum atomic E-state index is 4.40. The normalized spacial score (nSPS) is 15.6. The molecule has 0 N–H and O–H groups in total. The first kappa shape index (κ1) is 9.90. The molecule has 0 aromatic carbocycles. The summed E-state index contributed by atoms with van der Waals surface area (Å²) in [5.74, 6) is 1.05. The molecule has 4 heteroatoms. The molecule has 0 radical (unpaired) electrons. The monoisotopic (exact) mass is 255 g/mol. The Labute approximate surface area is 92.7 Å². The minimum Gasteiger partial charge on any atom is -0.351 e. The van der Waals surface area contributed by atoms with Gasteiger partial charge in [-0.1, -0.05) is 15.9 Å². The molecule has 1 fully saturated rings. The van der Waals surface area contributed by atoms with Crippen LogP contribution in [-0.2, 0) is 0 Å². The number of aromatic nitrogens is 2. The van der Waals surface area contributed by atoms with Crippen LogP contribution in [0.3, 0.4) is 0 Å². The van der Waals surface area contributed by atoms with Gasteiger partial charge >= 0.3 is 0 Å². The minimum atomic E-state index is 0.697. The second-order valence-corrected chi connectivity index (χ2v) is 4.37. The Kier molecular flexibility index (Phi) is 3.01. The van der Waals surface area contributed by atoms with Gasteiger partial charge in [0.2, 0.25) is 0 Å². The average Bonchev–Trinajstić information content (AvgIpc) is 2.99. The van der Waals surface area contributed by atoms with E-state index in [4.69, 9.17) is 0 Å². The molecule has 3 nitrogen and oxygen atoms in total. The van der Waals surface area contributed by atoms with Gasteiger partial charge in [0.15, 0.2) is 0 Å². The number of aryl methyl sites for hydroxylation is 1. The summed E-state index contributed by atoms with van der Waals surface area (Å²) in [7, 11) is 0. The lowest BCUT2D eigenvalue weighted by atomic mass is 10.4. The molecular formula is C10H14BrN3. The Bertz CT molecular complexity index is 312. The lowest BCUT2D eigenvalue weighted by molar-refractivity contribution is 0.803. The third kappa shape index (κ3) is 2.05. The van der Waals surface area contributed by atoms with Gasteiger partial charge in [0.05, 0.1) is 5.69 Å². The van der Waals surface area contributed by atoms with Crippen molar-refractivity contribution in [2.75, 3.05) is 16.8 Å². The van der Waals surface area contributed by atoms with E-state index in [1.165, 1.54) is 12.8 Å². The molecule has 1 aliphatic rings. The number of nitrogens with zero attached hydrogens (tertiary/aromatic N) is 3. The molecule has 0 aliphatic heterocycles. The summed E-state index contributed by atoms with van der Waals surface area (Å²) in [4.78, 5) is 11.0. The van der Waals surface area contributed by atoms with Crippen LogP contribution in [0.4, 0.5) is 5.82 Å². The van der Waals surface area contributed by atoms with E-state index in [0.717, 1.165) is 23.4 Å². The SMILES string of the molecule is Cc1nccnc1N(CCBr)C1CC1. The summed E-state index contributed by atoms with van der Waals surface area (Å²) in [5.41, 5.74) is 1.03. The molecule has 0 bridgehead atoms. The summed E-state index contributed by atoms with van der Waals surface area (Å²) in [6.07, 6.45) is 6.11. The molecule has 1 aliphatic carbocycles. The number of anilines is 1. The van der Waals surface area contributed by atoms with Gasteiger partial charge in [-0.3, -0.25) is 4.98 Å². The lowest BCUT2D eigenvalue weighted by Gasteiger charge is -2.23. The summed E-state index contributed by atoms with van der Waals surface area (Å²) in [5, 5.41) is 0.986. The topological polar surface area (TPSA) is 29.0 Å². The van der Waals surface area contributed by atoms with E-state index in [2.05, 4.69) is 30.8 Å². The van der Waals surface area contributed by atoms with Gasteiger partial charge in [-0.15, -0.1) is 0 Å². The van der Waals surface area contributed by atoms with Crippen molar-refractivity contribution in [2.24, 2.45) is 0 Å². The van der Waals surface area contributed by atoms with Crippen molar-refractivity contribution in [1.29, 1.82) is 0 Å². The van der Waals surface area contributed by atoms with Crippen LogP contribution in [0.5, 0.6) is 0 Å². The van der Waals surface area contributed by atoms with E-state index < -0.39 is 0 Å². The minimum absolute atomic E-state index is 0.697. The van der Waals surface area contributed by atoms with Crippen molar-refractivity contribution in [3.63, 3.8) is 0 Å². The molecule has 0 amide bonds. The molecular weight excluding hydrogens is 242 g/mol. The molecule has 0 saturated heterocycles. The van der Waals surface area contributed by atoms with Crippen LogP contribution in [0, 0.1) is 6.92 Å². The maximum absolute atomic E-state index is 4.40. The Morgan fingerprint density at radius 2 is 2.14 bits per heavy atom. The van der Waals surface area contributed by atoms with Crippen LogP contribution < -0.4 is 4.90 Å². The Hall–Kier alpha value is -0.640. The average molecular weight is 256 g/mol. The zero-order chi connectivity index (χ0) is 9.97. The summed E-state index contributed by atoms with van der Waals surface area (Å²) >= 11 is 3.48. The Balaban J connectivity index is 2.21. The Morgan fingerprint density at radius 1 is 1.43 bits per heavy atom. The molecule has 2 rings (SSSR count). The number of rotatable bonds is 4. The number of hydrogen-bond donors (Lipinski definition) is 0. The fourth-order valence-corrected chi connectivity index (χ4v) is 2.00. The van der Waals surface area contributed by atoms with E-state index in [9.17, 15) is 0 Å². The van der Waals surface area contributed by atoms with Gasteiger partial charge in [-0.2, -0.15) is 0 Å². The molecule has 0 unspecified atom stereocenters. The predicted molar refractivity (Wildman–Crippen MR) is 60.9 cm³/mol. The summed E-state index contributed by atoms with van der Waals surface area (Å²) in [6, 6.07) is 0.697. The van der Waals surface area contributed by atoms with Crippen molar-refractivity contribution >= 4 is 21.7 Å². The number of alkyl halides is 1. The van der Waals surface area contributed by atoms with Gasteiger partial charge < -0.3 is 4.90 Å². The fraction of sp³-hybridized carbons (Fsp3) is 0.600. The van der Waals surface area contributed by atoms with Crippen LogP contribution in [0.1, 0.15) is 18.5 Å². The van der Waals surface area contributed by atoms with Crippen LogP contribution >= 0.6 is 15.9 Å². The number of hydrogen-bond acceptors (Lipinski definition) is 3. The van der Waals surface area contributed by atoms with Gasteiger partial charge in [0.25, 0.3) is 0 Å². The van der Waals surface area contributed by atoms with Crippen molar-refractivity contribution in [1.82, 2.24) is 9.97 Å². The summed E-state index contributed by atoms with van der Waals surface area (Å²) in [6.45, 7) is 3.04. The van der Waals surface area contributed by atoms with Gasteiger partial charge in [-0.25, -0.2) is 4.98 Å². The molecule has 1 aromatic rings. The molecule has 1 aromatic heterocycles. The highest BCUT2D eigenvalue weighted by atomic mass is 79.9. The summed E-state index contributed by atoms with van der Waals surface area (Å²) < 4.78 is 0. The smallest absolute Gasteiger partial charge is 0.150 e. The molecule has 1 heterocycles. The Morgan fingerprint density at radius 3 is 2.71 bits per heavy atom. The number of halogens is 1. The van der Waals surface area contributed by atoms with Crippen LogP contribution in [0.25, 0.3) is 0 Å². The quantitative estimate of drug-likeness (QED) is 0.773. The van der Waals surface area contributed by atoms with E-state index in [1.54, 1.807) is 12.4 Å². The third-order valence-electron chi connectivity index (χ3n) is 2.44. The first-order valence-electron chi connectivity index (χ1n) is 4.93. The van der Waals surface area contributed by atoms with Crippen molar-refractivity contribution in [3.05, 3.63) is 18.1 Å². The highest BCUT2D eigenvalue weighted by Crippen LogP contribution is 2.31. The second-order valence-electron chi connectivity index (χ2n) is 3.58. The highest BCUT2D eigenvalue weighted by molar-refractivity contribution is 9.09. The standard InChI is InChI=1S/C10H14BrN3/c1-8-10(13-6-5-12-8)14(7-4-11)9-2-3-9/h5-6,9H,2-4,7H2,1H3. The zero-order valence-electron chi connectivity index (χ0n) is 8.28. The molecule has 0 spiro atoms. The third-order valence-corrected chi connectivity index (χ3v) is 2.80. The van der Waals surface area contributed by atoms with Crippen LogP contribution in [0.2, 0.25) is 0 Å².